The van der Waals surface area contributed by atoms with Crippen molar-refractivity contribution < 1.29 is 19.2 Å². The lowest BCUT2D eigenvalue weighted by molar-refractivity contribution is -0.139. The monoisotopic (exact) mass is 470 g/mol. The second-order valence-corrected chi connectivity index (χ2v) is 11.0. The molecule has 2 saturated carbocycles. The molecule has 0 aromatic rings. The van der Waals surface area contributed by atoms with E-state index in [-0.39, 0.29) is 53.6 Å². The third-order valence-electron chi connectivity index (χ3n) is 8.49. The Bertz CT molecular complexity index is 839. The Labute approximate surface area is 204 Å². The van der Waals surface area contributed by atoms with E-state index in [9.17, 15) is 19.2 Å². The molecule has 1 saturated heterocycles. The number of carbonyl (C=O) groups excluding carboxylic acids is 4. The molecule has 0 bridgehead atoms. The van der Waals surface area contributed by atoms with Crippen LogP contribution in [0.25, 0.3) is 0 Å². The Morgan fingerprint density at radius 1 is 1.06 bits per heavy atom. The zero-order chi connectivity index (χ0) is 25.0. The third-order valence-corrected chi connectivity index (χ3v) is 8.49. The topological polar surface area (TPSA) is 83.6 Å². The molecule has 0 spiro atoms. The Balaban J connectivity index is 1.73. The van der Waals surface area contributed by atoms with Crippen molar-refractivity contribution in [1.29, 1.82) is 0 Å². The molecule has 3 unspecified atom stereocenters. The second kappa shape index (κ2) is 11.0. The summed E-state index contributed by atoms with van der Waals surface area (Å²) in [6.07, 6.45) is 8.50. The first-order valence-electron chi connectivity index (χ1n) is 13.1. The van der Waals surface area contributed by atoms with Crippen LogP contribution in [0.2, 0.25) is 0 Å². The van der Waals surface area contributed by atoms with Crippen molar-refractivity contribution in [3.63, 3.8) is 0 Å². The molecule has 0 aromatic heterocycles. The number of fused-ring (bicyclic) bond motifs is 1. The predicted octanol–water partition coefficient (Wildman–Crippen LogP) is 4.39. The normalized spacial score (nSPS) is 26.3. The van der Waals surface area contributed by atoms with E-state index in [1.165, 1.54) is 6.42 Å². The summed E-state index contributed by atoms with van der Waals surface area (Å²) in [5, 5.41) is 3.04. The molecule has 2 amide bonds. The molecule has 1 N–H and O–H groups in total. The van der Waals surface area contributed by atoms with Gasteiger partial charge in [-0.1, -0.05) is 58.3 Å². The van der Waals surface area contributed by atoms with Crippen LogP contribution < -0.4 is 5.32 Å². The van der Waals surface area contributed by atoms with E-state index in [2.05, 4.69) is 32.3 Å². The third kappa shape index (κ3) is 5.52. The fourth-order valence-corrected chi connectivity index (χ4v) is 6.22. The van der Waals surface area contributed by atoms with Gasteiger partial charge in [0.15, 0.2) is 11.6 Å². The number of rotatable bonds is 12. The highest BCUT2D eigenvalue weighted by atomic mass is 16.2. The highest BCUT2D eigenvalue weighted by Crippen LogP contribution is 2.66. The number of nitrogens with one attached hydrogen (secondary N) is 1. The van der Waals surface area contributed by atoms with Gasteiger partial charge in [-0.05, 0) is 48.9 Å². The molecule has 4 atom stereocenters. The van der Waals surface area contributed by atoms with Crippen LogP contribution in [0.15, 0.2) is 24.8 Å². The summed E-state index contributed by atoms with van der Waals surface area (Å²) in [6, 6.07) is -0.640. The second-order valence-electron chi connectivity index (χ2n) is 11.0. The molecule has 34 heavy (non-hydrogen) atoms. The first kappa shape index (κ1) is 26.4. The van der Waals surface area contributed by atoms with Crippen LogP contribution in [0.1, 0.15) is 85.0 Å². The van der Waals surface area contributed by atoms with Gasteiger partial charge in [0.2, 0.25) is 11.8 Å². The minimum absolute atomic E-state index is 0.00349. The summed E-state index contributed by atoms with van der Waals surface area (Å²) in [4.78, 5) is 52.5. The van der Waals surface area contributed by atoms with E-state index in [0.717, 1.165) is 31.3 Å². The van der Waals surface area contributed by atoms with E-state index in [1.54, 1.807) is 6.08 Å². The molecule has 0 aromatic carbocycles. The first-order chi connectivity index (χ1) is 16.1. The summed E-state index contributed by atoms with van der Waals surface area (Å²) in [6.45, 7) is 14.8. The molecular formula is C28H42N2O4. The van der Waals surface area contributed by atoms with Gasteiger partial charge in [-0.2, -0.15) is 0 Å². The van der Waals surface area contributed by atoms with Gasteiger partial charge in [0.25, 0.3) is 0 Å². The molecule has 3 rings (SSSR count). The van der Waals surface area contributed by atoms with Gasteiger partial charge < -0.3 is 10.2 Å². The van der Waals surface area contributed by atoms with Gasteiger partial charge in [-0.3, -0.25) is 19.2 Å². The van der Waals surface area contributed by atoms with Crippen molar-refractivity contribution in [1.82, 2.24) is 10.2 Å². The van der Waals surface area contributed by atoms with E-state index < -0.39 is 6.04 Å². The molecule has 3 fully saturated rings. The molecule has 1 aliphatic heterocycles. The highest BCUT2D eigenvalue weighted by molar-refractivity contribution is 6.37. The Morgan fingerprint density at radius 3 is 2.32 bits per heavy atom. The largest absolute Gasteiger partial charge is 0.344 e. The van der Waals surface area contributed by atoms with Gasteiger partial charge >= 0.3 is 0 Å². The molecule has 6 nitrogen and oxygen atoms in total. The fourth-order valence-electron chi connectivity index (χ4n) is 6.22. The predicted molar refractivity (Wildman–Crippen MR) is 133 cm³/mol. The fraction of sp³-hybridized carbons (Fsp3) is 0.714. The highest BCUT2D eigenvalue weighted by Gasteiger charge is 2.68. The Hall–Kier alpha value is -2.24. The van der Waals surface area contributed by atoms with Crippen LogP contribution in [0.3, 0.4) is 0 Å². The number of nitrogens with zero attached hydrogens (tertiary/aromatic N) is 1. The minimum Gasteiger partial charge on any atom is -0.344 e. The molecule has 1 heterocycles. The number of amides is 2. The lowest BCUT2D eigenvalue weighted by Gasteiger charge is -2.38. The van der Waals surface area contributed by atoms with Crippen molar-refractivity contribution in [2.24, 2.45) is 23.2 Å². The van der Waals surface area contributed by atoms with E-state index in [1.807, 2.05) is 11.8 Å². The maximum absolute atomic E-state index is 13.9. The lowest BCUT2D eigenvalue weighted by Crippen LogP contribution is -2.55. The standard InChI is InChI=1S/C28H42N2O4/c1-6-8-14-21(31)22(32)16-15-18(3)26-24-20(28(24,4)5)17-30(26)27(34)25(29-23(33)7-2)19-12-10-9-11-13-19/h6,19-20,24-26H,1,3,7-17H2,2,4-5H3,(H,29,33)/t20?,24?,25?,26-/m1/s1. The maximum atomic E-state index is 13.9. The van der Waals surface area contributed by atoms with Gasteiger partial charge in [-0.15, -0.1) is 6.58 Å². The lowest BCUT2D eigenvalue weighted by atomic mass is 9.82. The number of carbonyl (C=O) groups is 4. The molecule has 2 aliphatic carbocycles. The number of hydrogen-bond acceptors (Lipinski definition) is 4. The SMILES string of the molecule is C=CCCC(=O)C(=O)CCC(=C)[C@@H]1C2C(CN1C(=O)C(NC(=O)CC)C1CCCCC1)C2(C)C. The van der Waals surface area contributed by atoms with Crippen LogP contribution in [0.4, 0.5) is 0 Å². The Kier molecular flexibility index (Phi) is 8.53. The number of allylic oxidation sites excluding steroid dienone is 1. The summed E-state index contributed by atoms with van der Waals surface area (Å²) in [5.41, 5.74) is 0.974. The molecule has 3 aliphatic rings. The number of ketones is 2. The number of piperidine rings is 1. The average Bonchev–Trinajstić information content (AvgIpc) is 3.16. The number of Topliss-reactive ketones (excluding diaryl/α,β-unsaturated/α-hetero) is 2. The van der Waals surface area contributed by atoms with Crippen molar-refractivity contribution in [3.8, 4) is 0 Å². The summed E-state index contributed by atoms with van der Waals surface area (Å²) in [5.74, 6) is 0.0435. The average molecular weight is 471 g/mol. The zero-order valence-corrected chi connectivity index (χ0v) is 21.2. The minimum atomic E-state index is -0.495. The van der Waals surface area contributed by atoms with Gasteiger partial charge in [0.1, 0.15) is 6.04 Å². The van der Waals surface area contributed by atoms with E-state index >= 15 is 0 Å². The van der Waals surface area contributed by atoms with Gasteiger partial charge in [-0.25, -0.2) is 0 Å². The van der Waals surface area contributed by atoms with Crippen LogP contribution in [-0.2, 0) is 19.2 Å². The van der Waals surface area contributed by atoms with Crippen molar-refractivity contribution in [3.05, 3.63) is 24.8 Å². The van der Waals surface area contributed by atoms with E-state index in [4.69, 9.17) is 0 Å². The molecule has 188 valence electrons. The summed E-state index contributed by atoms with van der Waals surface area (Å²) < 4.78 is 0. The van der Waals surface area contributed by atoms with Crippen LogP contribution >= 0.6 is 0 Å². The molecule has 0 radical (unpaired) electrons. The first-order valence-corrected chi connectivity index (χ1v) is 13.1. The van der Waals surface area contributed by atoms with Crippen molar-refractivity contribution in [2.75, 3.05) is 6.54 Å². The summed E-state index contributed by atoms with van der Waals surface area (Å²) in [7, 11) is 0. The van der Waals surface area contributed by atoms with Gasteiger partial charge in [0, 0.05) is 25.8 Å². The zero-order valence-electron chi connectivity index (χ0n) is 21.2. The number of likely N-dealkylation sites (tertiary alicyclic amines) is 1. The van der Waals surface area contributed by atoms with Crippen molar-refractivity contribution in [2.45, 2.75) is 97.1 Å². The van der Waals surface area contributed by atoms with Gasteiger partial charge in [0.05, 0.1) is 6.04 Å². The quantitative estimate of drug-likeness (QED) is 0.339. The van der Waals surface area contributed by atoms with E-state index in [0.29, 0.717) is 37.6 Å². The van der Waals surface area contributed by atoms with Crippen LogP contribution in [0, 0.1) is 23.2 Å². The summed E-state index contributed by atoms with van der Waals surface area (Å²) >= 11 is 0. The Morgan fingerprint density at radius 2 is 1.71 bits per heavy atom. The molecular weight excluding hydrogens is 428 g/mol. The van der Waals surface area contributed by atoms with Crippen molar-refractivity contribution >= 4 is 23.4 Å². The number of hydrogen-bond donors (Lipinski definition) is 1. The maximum Gasteiger partial charge on any atom is 0.245 e. The molecule has 6 heteroatoms. The van der Waals surface area contributed by atoms with Crippen LogP contribution in [-0.4, -0.2) is 46.9 Å². The van der Waals surface area contributed by atoms with Crippen LogP contribution in [0.5, 0.6) is 0 Å². The smallest absolute Gasteiger partial charge is 0.245 e.